The molecule has 6 nitrogen and oxygen atoms in total. The predicted molar refractivity (Wildman–Crippen MR) is 89.9 cm³/mol. The molecule has 0 fully saturated rings. The molecule has 0 spiro atoms. The molecule has 1 atom stereocenters. The number of hydrogen-bond acceptors (Lipinski definition) is 5. The number of cyclic esters (lactones) is 1. The van der Waals surface area contributed by atoms with Gasteiger partial charge in [0.2, 0.25) is 0 Å². The number of carbonyl (C=O) groups excluding carboxylic acids is 1. The van der Waals surface area contributed by atoms with Crippen LogP contribution in [0.3, 0.4) is 0 Å². The van der Waals surface area contributed by atoms with E-state index < -0.39 is 11.6 Å². The monoisotopic (exact) mass is 336 g/mol. The highest BCUT2D eigenvalue weighted by atomic mass is 16.6. The molecule has 4 heterocycles. The number of nitrogens with zero attached hydrogens (tertiary/aromatic N) is 2. The van der Waals surface area contributed by atoms with Crippen molar-refractivity contribution in [3.8, 4) is 11.4 Å². The lowest BCUT2D eigenvalue weighted by Gasteiger charge is -2.29. The van der Waals surface area contributed by atoms with Gasteiger partial charge in [-0.1, -0.05) is 18.2 Å². The van der Waals surface area contributed by atoms with Crippen molar-refractivity contribution in [1.29, 1.82) is 0 Å². The minimum absolute atomic E-state index is 0.164. The molecular weight excluding hydrogens is 320 g/mol. The van der Waals surface area contributed by atoms with E-state index in [9.17, 15) is 14.7 Å². The first kappa shape index (κ1) is 13.3. The van der Waals surface area contributed by atoms with Crippen LogP contribution in [-0.4, -0.2) is 20.6 Å². The number of ether oxygens (including phenoxy) is 1. The SMILES string of the molecule is [3H]c1c2c(nc3ccccc13)-c1cc3c(c(=O)n1C2)COC(=O)[C@@]3(C)O. The maximum absolute atomic E-state index is 12.9. The van der Waals surface area contributed by atoms with Gasteiger partial charge in [-0.3, -0.25) is 4.79 Å². The maximum Gasteiger partial charge on any atom is 0.342 e. The number of esters is 1. The minimum atomic E-state index is -1.88. The van der Waals surface area contributed by atoms with Gasteiger partial charge < -0.3 is 14.4 Å². The Morgan fingerprint density at radius 1 is 1.36 bits per heavy atom. The Kier molecular flexibility index (Phi) is 2.42. The molecule has 0 unspecified atom stereocenters. The highest BCUT2D eigenvalue weighted by molar-refractivity contribution is 5.86. The van der Waals surface area contributed by atoms with Gasteiger partial charge in [0.15, 0.2) is 5.60 Å². The van der Waals surface area contributed by atoms with Crippen LogP contribution in [0.2, 0.25) is 0 Å². The first-order chi connectivity index (χ1) is 12.4. The molecule has 6 heteroatoms. The Bertz CT molecular complexity index is 1200. The zero-order chi connectivity index (χ0) is 18.2. The summed E-state index contributed by atoms with van der Waals surface area (Å²) in [6.45, 7) is 1.40. The predicted octanol–water partition coefficient (Wildman–Crippen LogP) is 1.69. The molecule has 25 heavy (non-hydrogen) atoms. The van der Waals surface area contributed by atoms with E-state index >= 15 is 0 Å². The van der Waals surface area contributed by atoms with E-state index in [-0.39, 0.29) is 29.8 Å². The summed E-state index contributed by atoms with van der Waals surface area (Å²) in [7, 11) is 0. The van der Waals surface area contributed by atoms with Crippen molar-refractivity contribution in [3.05, 3.63) is 63.4 Å². The Morgan fingerprint density at radius 3 is 3.00 bits per heavy atom. The number of rotatable bonds is 0. The number of pyridine rings is 2. The van der Waals surface area contributed by atoms with Gasteiger partial charge in [-0.15, -0.1) is 0 Å². The third kappa shape index (κ3) is 1.80. The van der Waals surface area contributed by atoms with Gasteiger partial charge in [-0.25, -0.2) is 9.78 Å². The van der Waals surface area contributed by atoms with Crippen molar-refractivity contribution in [2.75, 3.05) is 0 Å². The van der Waals surface area contributed by atoms with Crippen LogP contribution in [-0.2, 0) is 28.3 Å². The number of carbonyl (C=O) groups is 1. The van der Waals surface area contributed by atoms with E-state index in [1.54, 1.807) is 6.07 Å². The van der Waals surface area contributed by atoms with Gasteiger partial charge in [-0.05, 0) is 25.1 Å². The molecule has 0 radical (unpaired) electrons. The van der Waals surface area contributed by atoms with E-state index in [1.807, 2.05) is 24.3 Å². The smallest absolute Gasteiger partial charge is 0.342 e. The lowest BCUT2D eigenvalue weighted by Crippen LogP contribution is -2.42. The topological polar surface area (TPSA) is 81.4 Å². The van der Waals surface area contributed by atoms with Gasteiger partial charge in [-0.2, -0.15) is 0 Å². The second-order valence-corrected chi connectivity index (χ2v) is 6.54. The zero-order valence-electron chi connectivity index (χ0n) is 14.4. The van der Waals surface area contributed by atoms with Crippen LogP contribution >= 0.6 is 0 Å². The van der Waals surface area contributed by atoms with Crippen molar-refractivity contribution < 1.29 is 16.0 Å². The summed E-state index contributed by atoms with van der Waals surface area (Å²) in [5.74, 6) is -0.778. The van der Waals surface area contributed by atoms with E-state index in [0.717, 1.165) is 5.39 Å². The first-order valence-electron chi connectivity index (χ1n) is 8.45. The molecule has 0 saturated carbocycles. The lowest BCUT2D eigenvalue weighted by atomic mass is 9.90. The summed E-state index contributed by atoms with van der Waals surface area (Å²) in [5.41, 5.74) is 0.692. The summed E-state index contributed by atoms with van der Waals surface area (Å²) in [4.78, 5) is 29.5. The van der Waals surface area contributed by atoms with Crippen molar-refractivity contribution in [2.45, 2.75) is 25.7 Å². The van der Waals surface area contributed by atoms with Crippen molar-refractivity contribution in [3.63, 3.8) is 0 Å². The van der Waals surface area contributed by atoms with Gasteiger partial charge in [0.05, 0.1) is 30.4 Å². The van der Waals surface area contributed by atoms with E-state index in [2.05, 4.69) is 4.98 Å². The quantitative estimate of drug-likeness (QED) is 0.494. The highest BCUT2D eigenvalue weighted by Crippen LogP contribution is 2.36. The van der Waals surface area contributed by atoms with Crippen molar-refractivity contribution in [2.24, 2.45) is 0 Å². The number of aliphatic hydroxyl groups is 1. The standard InChI is InChI=1S/C19H14N2O4/c1-19(24)13-7-15-16-11(6-10-4-2-3-5-14(10)20-16)8-21(15)17(22)12(13)9-25-18(19)23/h2-7,24H,8-9H2,1H3/t19-/m0/s1/i6T. The van der Waals surface area contributed by atoms with Crippen molar-refractivity contribution in [1.82, 2.24) is 9.55 Å². The van der Waals surface area contributed by atoms with Crippen LogP contribution in [0, 0.1) is 0 Å². The van der Waals surface area contributed by atoms with Crippen LogP contribution in [0.25, 0.3) is 22.3 Å². The molecule has 0 bridgehead atoms. The molecule has 2 aliphatic heterocycles. The largest absolute Gasteiger partial charge is 0.458 e. The Labute approximate surface area is 143 Å². The van der Waals surface area contributed by atoms with Gasteiger partial charge in [0.1, 0.15) is 6.61 Å². The zero-order valence-corrected chi connectivity index (χ0v) is 13.4. The number of para-hydroxylation sites is 1. The third-order valence-electron chi connectivity index (χ3n) is 4.94. The number of benzene rings is 1. The molecule has 2 aromatic heterocycles. The Morgan fingerprint density at radius 2 is 2.16 bits per heavy atom. The average Bonchev–Trinajstić information content (AvgIpc) is 2.99. The summed E-state index contributed by atoms with van der Waals surface area (Å²) in [6, 6.07) is 9.31. The molecule has 1 aromatic carbocycles. The van der Waals surface area contributed by atoms with Gasteiger partial charge >= 0.3 is 5.97 Å². The molecule has 5 rings (SSSR count). The fourth-order valence-electron chi connectivity index (χ4n) is 3.58. The lowest BCUT2D eigenvalue weighted by molar-refractivity contribution is -0.169. The minimum Gasteiger partial charge on any atom is -0.458 e. The van der Waals surface area contributed by atoms with Crippen LogP contribution in [0.15, 0.2) is 41.2 Å². The number of hydrogen-bond donors (Lipinski definition) is 1. The number of fused-ring (bicyclic) bond motifs is 5. The molecule has 0 saturated heterocycles. The molecule has 1 N–H and O–H groups in total. The molecule has 3 aromatic rings. The second kappa shape index (κ2) is 4.55. The molecule has 2 aliphatic rings. The third-order valence-corrected chi connectivity index (χ3v) is 4.94. The summed E-state index contributed by atoms with van der Waals surface area (Å²) >= 11 is 0. The first-order valence-corrected chi connectivity index (χ1v) is 7.95. The van der Waals surface area contributed by atoms with E-state index in [1.165, 1.54) is 11.5 Å². The maximum atomic E-state index is 12.9. The molecule has 0 amide bonds. The van der Waals surface area contributed by atoms with Crippen LogP contribution in [0.5, 0.6) is 0 Å². The van der Waals surface area contributed by atoms with Gasteiger partial charge in [0, 0.05) is 16.5 Å². The Balaban J connectivity index is 1.85. The van der Waals surface area contributed by atoms with Crippen LogP contribution in [0.1, 0.15) is 25.0 Å². The van der Waals surface area contributed by atoms with Gasteiger partial charge in [0.25, 0.3) is 5.56 Å². The fraction of sp³-hybridized carbons (Fsp3) is 0.211. The van der Waals surface area contributed by atoms with E-state index in [0.29, 0.717) is 28.5 Å². The Hall–Kier alpha value is -2.99. The van der Waals surface area contributed by atoms with E-state index in [4.69, 9.17) is 6.11 Å². The normalized spacial score (nSPS) is 21.4. The molecule has 0 aliphatic carbocycles. The average molecular weight is 336 g/mol. The number of aromatic nitrogens is 2. The molecule has 124 valence electrons. The molecular formula is C19H14N2O4. The summed E-state index contributed by atoms with van der Waals surface area (Å²) in [6.07, 6.45) is 0. The second-order valence-electron chi connectivity index (χ2n) is 6.54. The fourth-order valence-corrected chi connectivity index (χ4v) is 3.58. The summed E-state index contributed by atoms with van der Waals surface area (Å²) < 4.78 is 15.0. The van der Waals surface area contributed by atoms with Crippen LogP contribution < -0.4 is 5.56 Å². The highest BCUT2D eigenvalue weighted by Gasteiger charge is 2.42. The summed E-state index contributed by atoms with van der Waals surface area (Å²) in [5, 5.41) is 11.3. The van der Waals surface area contributed by atoms with Crippen LogP contribution in [0.4, 0.5) is 0 Å². The van der Waals surface area contributed by atoms with Crippen molar-refractivity contribution >= 4 is 16.9 Å².